The highest BCUT2D eigenvalue weighted by molar-refractivity contribution is 7.92. The lowest BCUT2D eigenvalue weighted by Crippen LogP contribution is -2.60. The van der Waals surface area contributed by atoms with Gasteiger partial charge in [0.25, 0.3) is 0 Å². The SMILES string of the molecule is C#CC(F)(F)[C@]1(O)CC[C@H]2[C@@H]3CCc4cc(O)ccc4C3[C@@H](c3ccc(S(=O)(=O)C4CC4)cc3)C[C@@]21C. The van der Waals surface area contributed by atoms with Gasteiger partial charge in [0.2, 0.25) is 0 Å². The summed E-state index contributed by atoms with van der Waals surface area (Å²) in [7, 11) is -3.35. The van der Waals surface area contributed by atoms with E-state index in [1.54, 1.807) is 37.1 Å². The first kappa shape index (κ1) is 24.9. The van der Waals surface area contributed by atoms with Crippen LogP contribution in [0.25, 0.3) is 0 Å². The molecule has 0 aliphatic heterocycles. The van der Waals surface area contributed by atoms with Crippen LogP contribution < -0.4 is 0 Å². The highest BCUT2D eigenvalue weighted by Crippen LogP contribution is 2.70. The van der Waals surface area contributed by atoms with Crippen molar-refractivity contribution in [2.24, 2.45) is 17.3 Å². The highest BCUT2D eigenvalue weighted by Gasteiger charge is 2.71. The van der Waals surface area contributed by atoms with Gasteiger partial charge >= 0.3 is 5.92 Å². The molecule has 0 spiro atoms. The van der Waals surface area contributed by atoms with E-state index in [0.29, 0.717) is 30.6 Å². The molecule has 0 saturated heterocycles. The predicted octanol–water partition coefficient (Wildman–Crippen LogP) is 5.58. The Labute approximate surface area is 217 Å². The molecule has 0 heterocycles. The Morgan fingerprint density at radius 1 is 1.08 bits per heavy atom. The zero-order valence-electron chi connectivity index (χ0n) is 20.8. The molecule has 37 heavy (non-hydrogen) atoms. The average molecular weight is 527 g/mol. The molecule has 2 N–H and O–H groups in total. The molecule has 2 aromatic rings. The van der Waals surface area contributed by atoms with Crippen LogP contribution >= 0.6 is 0 Å². The summed E-state index contributed by atoms with van der Waals surface area (Å²) < 4.78 is 55.9. The Morgan fingerprint density at radius 3 is 2.43 bits per heavy atom. The molecule has 196 valence electrons. The van der Waals surface area contributed by atoms with Crippen LogP contribution in [0.5, 0.6) is 5.75 Å². The van der Waals surface area contributed by atoms with Crippen molar-refractivity contribution in [3.63, 3.8) is 0 Å². The monoisotopic (exact) mass is 526 g/mol. The van der Waals surface area contributed by atoms with Gasteiger partial charge in [-0.15, -0.1) is 6.42 Å². The van der Waals surface area contributed by atoms with Crippen LogP contribution in [0, 0.1) is 29.6 Å². The molecular weight excluding hydrogens is 494 g/mol. The Hall–Kier alpha value is -2.43. The molecule has 0 amide bonds. The first-order valence-corrected chi connectivity index (χ1v) is 14.7. The number of sulfone groups is 1. The number of aromatic hydroxyl groups is 1. The molecule has 0 radical (unpaired) electrons. The van der Waals surface area contributed by atoms with E-state index < -0.39 is 26.8 Å². The smallest absolute Gasteiger partial charge is 0.336 e. The van der Waals surface area contributed by atoms with Crippen LogP contribution in [0.2, 0.25) is 0 Å². The second-order valence-corrected chi connectivity index (χ2v) is 14.1. The fourth-order valence-electron chi connectivity index (χ4n) is 8.13. The Morgan fingerprint density at radius 2 is 1.78 bits per heavy atom. The number of phenolic OH excluding ortho intramolecular Hbond substituents is 1. The first-order chi connectivity index (χ1) is 17.4. The van der Waals surface area contributed by atoms with Gasteiger partial charge in [-0.2, -0.15) is 8.78 Å². The van der Waals surface area contributed by atoms with Gasteiger partial charge in [0, 0.05) is 5.41 Å². The third kappa shape index (κ3) is 3.44. The van der Waals surface area contributed by atoms with Crippen molar-refractivity contribution in [1.29, 1.82) is 0 Å². The van der Waals surface area contributed by atoms with E-state index in [2.05, 4.69) is 0 Å². The van der Waals surface area contributed by atoms with Gasteiger partial charge in [-0.3, -0.25) is 0 Å². The normalized spacial score (nSPS) is 35.2. The summed E-state index contributed by atoms with van der Waals surface area (Å²) >= 11 is 0. The molecule has 3 saturated carbocycles. The molecule has 1 unspecified atom stereocenters. The molecule has 6 rings (SSSR count). The van der Waals surface area contributed by atoms with E-state index in [9.17, 15) is 18.6 Å². The van der Waals surface area contributed by atoms with E-state index in [1.165, 1.54) is 0 Å². The quantitative estimate of drug-likeness (QED) is 0.511. The van der Waals surface area contributed by atoms with Gasteiger partial charge in [-0.05, 0) is 115 Å². The lowest BCUT2D eigenvalue weighted by atomic mass is 9.48. The van der Waals surface area contributed by atoms with E-state index >= 15 is 8.78 Å². The number of phenols is 1. The van der Waals surface area contributed by atoms with Crippen LogP contribution in [0.1, 0.15) is 74.0 Å². The molecule has 2 aromatic carbocycles. The average Bonchev–Trinajstić information content (AvgIpc) is 3.69. The van der Waals surface area contributed by atoms with Gasteiger partial charge in [-0.1, -0.05) is 25.1 Å². The summed E-state index contributed by atoms with van der Waals surface area (Å²) in [6.45, 7) is 1.78. The van der Waals surface area contributed by atoms with Gasteiger partial charge in [0.1, 0.15) is 11.4 Å². The van der Waals surface area contributed by atoms with Crippen molar-refractivity contribution in [1.82, 2.24) is 0 Å². The lowest BCUT2D eigenvalue weighted by Gasteiger charge is -2.57. The molecule has 4 aliphatic rings. The summed E-state index contributed by atoms with van der Waals surface area (Å²) in [5.41, 5.74) is -0.377. The topological polar surface area (TPSA) is 74.6 Å². The van der Waals surface area contributed by atoms with E-state index in [0.717, 1.165) is 29.5 Å². The number of aryl methyl sites for hydroxylation is 1. The first-order valence-electron chi connectivity index (χ1n) is 13.2. The number of rotatable bonds is 4. The predicted molar refractivity (Wildman–Crippen MR) is 136 cm³/mol. The highest BCUT2D eigenvalue weighted by atomic mass is 32.2. The maximum Gasteiger partial charge on any atom is 0.336 e. The number of alkyl halides is 2. The molecule has 4 aliphatic carbocycles. The maximum absolute atomic E-state index is 15.2. The van der Waals surface area contributed by atoms with Crippen molar-refractivity contribution in [2.45, 2.75) is 85.4 Å². The Kier molecular flexibility index (Phi) is 5.40. The minimum atomic E-state index is -3.66. The number of benzene rings is 2. The second kappa shape index (κ2) is 8.04. The van der Waals surface area contributed by atoms with Crippen LogP contribution in [0.3, 0.4) is 0 Å². The number of hydrogen-bond acceptors (Lipinski definition) is 4. The van der Waals surface area contributed by atoms with Crippen LogP contribution in [0.15, 0.2) is 47.4 Å². The lowest BCUT2D eigenvalue weighted by molar-refractivity contribution is -0.214. The summed E-state index contributed by atoms with van der Waals surface area (Å²) in [5, 5.41) is 21.4. The summed E-state index contributed by atoms with van der Waals surface area (Å²) in [4.78, 5) is 0.292. The van der Waals surface area contributed by atoms with Gasteiger partial charge in [0.05, 0.1) is 10.1 Å². The number of terminal acetylenes is 1. The molecule has 0 bridgehead atoms. The van der Waals surface area contributed by atoms with E-state index in [4.69, 9.17) is 6.42 Å². The number of aliphatic hydroxyl groups is 1. The van der Waals surface area contributed by atoms with Crippen molar-refractivity contribution in [2.75, 3.05) is 0 Å². The van der Waals surface area contributed by atoms with E-state index in [1.807, 2.05) is 18.2 Å². The number of hydrogen-bond donors (Lipinski definition) is 2. The number of halogens is 2. The minimum Gasteiger partial charge on any atom is -0.508 e. The molecule has 6 atom stereocenters. The van der Waals surface area contributed by atoms with Gasteiger partial charge < -0.3 is 10.2 Å². The zero-order chi connectivity index (χ0) is 26.4. The van der Waals surface area contributed by atoms with Gasteiger partial charge in [-0.25, -0.2) is 8.42 Å². The van der Waals surface area contributed by atoms with Crippen LogP contribution in [-0.4, -0.2) is 35.4 Å². The Balaban J connectivity index is 1.47. The fraction of sp³-hybridized carbons (Fsp3) is 0.533. The third-order valence-electron chi connectivity index (χ3n) is 10.2. The van der Waals surface area contributed by atoms with Crippen molar-refractivity contribution >= 4 is 9.84 Å². The Bertz CT molecular complexity index is 1390. The summed E-state index contributed by atoms with van der Waals surface area (Å²) in [6, 6.07) is 12.3. The molecule has 7 heteroatoms. The van der Waals surface area contributed by atoms with E-state index in [-0.39, 0.29) is 41.1 Å². The van der Waals surface area contributed by atoms with Crippen LogP contribution in [0.4, 0.5) is 8.78 Å². The molecule has 4 nitrogen and oxygen atoms in total. The number of fused-ring (bicyclic) bond motifs is 5. The van der Waals surface area contributed by atoms with Crippen molar-refractivity contribution in [3.8, 4) is 18.1 Å². The molecule has 3 fully saturated rings. The standard InChI is InChI=1S/C30H32F2O4S/c1-3-30(31,32)29(34)15-14-26-24-12-6-19-16-20(33)7-13-23(19)27(24)25(17-28(26,29)2)18-4-8-21(9-5-18)37(35,36)22-10-11-22/h1,4-5,7-9,13,16,22,24-27,33-34H,6,10-12,14-15,17H2,2H3/t24-,25+,26-,27?,28-,29-/m0/s1. The van der Waals surface area contributed by atoms with Gasteiger partial charge in [0.15, 0.2) is 9.84 Å². The summed E-state index contributed by atoms with van der Waals surface area (Å²) in [6.07, 6.45) is 8.84. The van der Waals surface area contributed by atoms with Crippen LogP contribution in [-0.2, 0) is 16.3 Å². The fourth-order valence-corrected chi connectivity index (χ4v) is 9.79. The second-order valence-electron chi connectivity index (χ2n) is 11.9. The largest absolute Gasteiger partial charge is 0.508 e. The van der Waals surface area contributed by atoms with Crippen molar-refractivity contribution < 1.29 is 27.4 Å². The minimum absolute atomic E-state index is 0.00937. The molecular formula is C30H32F2O4S. The zero-order valence-corrected chi connectivity index (χ0v) is 21.6. The van der Waals surface area contributed by atoms with Crippen molar-refractivity contribution in [3.05, 3.63) is 59.2 Å². The summed E-state index contributed by atoms with van der Waals surface area (Å²) in [5.74, 6) is -2.15. The third-order valence-corrected chi connectivity index (χ3v) is 12.4. The maximum atomic E-state index is 15.2. The molecule has 0 aromatic heterocycles.